The molecule has 15 heteroatoms. The molecule has 3 aromatic rings. The Morgan fingerprint density at radius 3 is 2.34 bits per heavy atom. The average molecular weight is 760 g/mol. The number of amides is 1. The van der Waals surface area contributed by atoms with Gasteiger partial charge in [0.1, 0.15) is 36.2 Å². The van der Waals surface area contributed by atoms with Crippen LogP contribution in [0, 0.1) is 5.92 Å². The molecule has 11 nitrogen and oxygen atoms in total. The lowest BCUT2D eigenvalue weighted by molar-refractivity contribution is -0.157. The van der Waals surface area contributed by atoms with Crippen molar-refractivity contribution in [1.82, 2.24) is 24.3 Å². The quantitative estimate of drug-likeness (QED) is 0.160. The predicted octanol–water partition coefficient (Wildman–Crippen LogP) is 7.31. The van der Waals surface area contributed by atoms with E-state index in [1.54, 1.807) is 23.4 Å². The molecule has 0 spiro atoms. The summed E-state index contributed by atoms with van der Waals surface area (Å²) in [6.07, 6.45) is -1.54. The lowest BCUT2D eigenvalue weighted by Crippen LogP contribution is -2.50. The number of carbonyl (C=O) groups is 1. The molecule has 0 radical (unpaired) electrons. The first kappa shape index (κ1) is 39.3. The Morgan fingerprint density at radius 1 is 1.00 bits per heavy atom. The summed E-state index contributed by atoms with van der Waals surface area (Å²) in [6.45, 7) is 18.4. The summed E-state index contributed by atoms with van der Waals surface area (Å²) >= 11 is 0. The first-order valence-electron chi connectivity index (χ1n) is 19.0. The zero-order valence-corrected chi connectivity index (χ0v) is 33.0. The molecule has 3 saturated heterocycles. The maximum Gasteiger partial charge on any atom is 0.410 e. The number of nitrogens with zero attached hydrogens (tertiary/aromatic N) is 6. The number of alkyl halides is 3. The molecule has 6 rings (SSSR count). The molecule has 1 N–H and O–H groups in total. The van der Waals surface area contributed by atoms with Crippen LogP contribution >= 0.6 is 0 Å². The number of halogens is 3. The Morgan fingerprint density at radius 2 is 1.70 bits per heavy atom. The number of rotatable bonds is 11. The molecular weight excluding hydrogens is 704 g/mol. The summed E-state index contributed by atoms with van der Waals surface area (Å²) in [6, 6.07) is 8.75. The third kappa shape index (κ3) is 10.0. The van der Waals surface area contributed by atoms with Crippen LogP contribution in [0.15, 0.2) is 36.7 Å². The molecule has 5 heterocycles. The zero-order valence-electron chi connectivity index (χ0n) is 32.0. The highest BCUT2D eigenvalue weighted by Crippen LogP contribution is 2.37. The van der Waals surface area contributed by atoms with E-state index < -0.39 is 31.8 Å². The summed E-state index contributed by atoms with van der Waals surface area (Å²) in [7, 11) is -1.30. The van der Waals surface area contributed by atoms with Crippen LogP contribution in [0.25, 0.3) is 22.3 Å². The van der Waals surface area contributed by atoms with Gasteiger partial charge in [0.15, 0.2) is 0 Å². The van der Waals surface area contributed by atoms with Crippen molar-refractivity contribution in [3.63, 3.8) is 0 Å². The molecule has 0 bridgehead atoms. The summed E-state index contributed by atoms with van der Waals surface area (Å²) in [5.74, 6) is 0.272. The highest BCUT2D eigenvalue weighted by Gasteiger charge is 2.46. The summed E-state index contributed by atoms with van der Waals surface area (Å²) in [4.78, 5) is 28.0. The van der Waals surface area contributed by atoms with Gasteiger partial charge in [0, 0.05) is 52.6 Å². The number of likely N-dealkylation sites (tertiary alicyclic amines) is 2. The Kier molecular flexibility index (Phi) is 12.0. The highest BCUT2D eigenvalue weighted by atomic mass is 28.3. The van der Waals surface area contributed by atoms with Crippen molar-refractivity contribution in [2.75, 3.05) is 69.3 Å². The fourth-order valence-corrected chi connectivity index (χ4v) is 8.27. The molecule has 1 amide bonds. The smallest absolute Gasteiger partial charge is 0.410 e. The number of fused-ring (bicyclic) bond motifs is 1. The predicted molar refractivity (Wildman–Crippen MR) is 204 cm³/mol. The minimum atomic E-state index is -4.42. The Bertz CT molecular complexity index is 1680. The van der Waals surface area contributed by atoms with E-state index in [1.807, 2.05) is 37.5 Å². The van der Waals surface area contributed by atoms with E-state index in [9.17, 15) is 18.0 Å². The molecule has 2 atom stereocenters. The lowest BCUT2D eigenvalue weighted by atomic mass is 9.88. The van der Waals surface area contributed by atoms with Crippen LogP contribution in [0.3, 0.4) is 0 Å². The zero-order chi connectivity index (χ0) is 38.0. The molecule has 0 saturated carbocycles. The van der Waals surface area contributed by atoms with E-state index in [-0.39, 0.29) is 12.1 Å². The number of anilines is 2. The fourth-order valence-electron chi connectivity index (χ4n) is 7.52. The van der Waals surface area contributed by atoms with Gasteiger partial charge >= 0.3 is 12.3 Å². The molecule has 3 fully saturated rings. The normalized spacial score (nSPS) is 20.3. The third-order valence-corrected chi connectivity index (χ3v) is 12.1. The minimum Gasteiger partial charge on any atom is -0.444 e. The number of hydrogen-bond acceptors (Lipinski definition) is 9. The SMILES string of the molecule is CC(C)(C)OC(=O)N1CCC(N2CCC([C@@H](Nc3ccc(-c4cc5c(N6CCOCC6)ncnc5n4COCC[Si](C)(C)C)cc3)C(F)(F)F)CC2)C1. The van der Waals surface area contributed by atoms with Crippen molar-refractivity contribution in [1.29, 1.82) is 0 Å². The summed E-state index contributed by atoms with van der Waals surface area (Å²) in [5.41, 5.74) is 2.32. The monoisotopic (exact) mass is 759 g/mol. The average Bonchev–Trinajstić information content (AvgIpc) is 3.74. The second-order valence-electron chi connectivity index (χ2n) is 16.8. The van der Waals surface area contributed by atoms with Gasteiger partial charge in [-0.3, -0.25) is 4.90 Å². The van der Waals surface area contributed by atoms with Gasteiger partial charge in [0.25, 0.3) is 0 Å². The van der Waals surface area contributed by atoms with Crippen LogP contribution in [0.2, 0.25) is 25.7 Å². The van der Waals surface area contributed by atoms with Crippen molar-refractivity contribution in [2.24, 2.45) is 5.92 Å². The summed E-state index contributed by atoms with van der Waals surface area (Å²) < 4.78 is 63.2. The van der Waals surface area contributed by atoms with Crippen LogP contribution < -0.4 is 10.2 Å². The standard InChI is InChI=1S/C38H56F3N7O4Si/c1-37(2,3)52-36(49)47-16-13-30(24-47)45-14-11-28(12-15-45)33(38(39,40)41)44-29-9-7-27(8-10-29)32-23-31-34(46-17-19-50-20-18-46)42-25-43-35(31)48(32)26-51-21-22-53(4,5)6/h7-10,23,25,28,30,33,44H,11-22,24,26H2,1-6H3/t30?,33-/m1/s1. The number of carbonyl (C=O) groups excluding carboxylic acids is 1. The van der Waals surface area contributed by atoms with Gasteiger partial charge in [0.05, 0.1) is 24.3 Å². The molecular formula is C38H56F3N7O4Si. The van der Waals surface area contributed by atoms with Crippen LogP contribution in [-0.2, 0) is 20.9 Å². The number of benzene rings is 1. The maximum absolute atomic E-state index is 14.6. The van der Waals surface area contributed by atoms with Crippen LogP contribution in [0.5, 0.6) is 0 Å². The first-order chi connectivity index (χ1) is 25.1. The number of piperidine rings is 1. The Balaban J connectivity index is 1.15. The topological polar surface area (TPSA) is 97.2 Å². The molecule has 1 aromatic carbocycles. The molecule has 292 valence electrons. The fraction of sp³-hybridized carbons (Fsp3) is 0.658. The highest BCUT2D eigenvalue weighted by molar-refractivity contribution is 6.76. The van der Waals surface area contributed by atoms with Gasteiger partial charge in [-0.2, -0.15) is 13.2 Å². The van der Waals surface area contributed by atoms with Gasteiger partial charge in [-0.25, -0.2) is 14.8 Å². The molecule has 0 aliphatic carbocycles. The van der Waals surface area contributed by atoms with E-state index in [0.717, 1.165) is 53.7 Å². The van der Waals surface area contributed by atoms with E-state index in [1.165, 1.54) is 0 Å². The number of nitrogens with one attached hydrogen (secondary N) is 1. The number of aromatic nitrogens is 3. The van der Waals surface area contributed by atoms with E-state index in [4.69, 9.17) is 14.2 Å². The first-order valence-corrected chi connectivity index (χ1v) is 22.7. The van der Waals surface area contributed by atoms with Gasteiger partial charge in [-0.1, -0.05) is 31.8 Å². The van der Waals surface area contributed by atoms with E-state index in [0.29, 0.717) is 71.3 Å². The van der Waals surface area contributed by atoms with Gasteiger partial charge in [0.2, 0.25) is 0 Å². The second kappa shape index (κ2) is 16.1. The molecule has 3 aliphatic heterocycles. The maximum atomic E-state index is 14.6. The van der Waals surface area contributed by atoms with E-state index >= 15 is 0 Å². The van der Waals surface area contributed by atoms with E-state index in [2.05, 4.69) is 50.8 Å². The Labute approximate surface area is 312 Å². The summed E-state index contributed by atoms with van der Waals surface area (Å²) in [5, 5.41) is 3.77. The van der Waals surface area contributed by atoms with Crippen LogP contribution in [-0.4, -0.2) is 121 Å². The van der Waals surface area contributed by atoms with Crippen molar-refractivity contribution in [3.05, 3.63) is 36.7 Å². The molecule has 3 aliphatic rings. The van der Waals surface area contributed by atoms with Crippen molar-refractivity contribution in [2.45, 2.75) is 96.3 Å². The minimum absolute atomic E-state index is 0.130. The van der Waals surface area contributed by atoms with Crippen LogP contribution in [0.4, 0.5) is 29.5 Å². The largest absolute Gasteiger partial charge is 0.444 e. The Hall–Kier alpha value is -3.40. The second-order valence-corrected chi connectivity index (χ2v) is 22.4. The number of hydrogen-bond donors (Lipinski definition) is 1. The lowest BCUT2D eigenvalue weighted by Gasteiger charge is -2.39. The van der Waals surface area contributed by atoms with Crippen molar-refractivity contribution >= 4 is 36.7 Å². The van der Waals surface area contributed by atoms with Gasteiger partial charge < -0.3 is 33.9 Å². The van der Waals surface area contributed by atoms with Gasteiger partial charge in [-0.15, -0.1) is 0 Å². The molecule has 1 unspecified atom stereocenters. The van der Waals surface area contributed by atoms with Crippen molar-refractivity contribution < 1.29 is 32.2 Å². The number of morpholine rings is 1. The third-order valence-electron chi connectivity index (χ3n) is 10.4. The molecule has 2 aromatic heterocycles. The molecule has 53 heavy (non-hydrogen) atoms. The van der Waals surface area contributed by atoms with Crippen LogP contribution in [0.1, 0.15) is 40.0 Å². The number of ether oxygens (including phenoxy) is 3. The van der Waals surface area contributed by atoms with Gasteiger partial charge in [-0.05, 0) is 88.8 Å². The van der Waals surface area contributed by atoms with Crippen molar-refractivity contribution in [3.8, 4) is 11.3 Å².